The van der Waals surface area contributed by atoms with Gasteiger partial charge in [-0.1, -0.05) is 30.3 Å². The van der Waals surface area contributed by atoms with E-state index < -0.39 is 0 Å². The molecular weight excluding hydrogens is 340 g/mol. The van der Waals surface area contributed by atoms with Gasteiger partial charge in [0, 0.05) is 24.3 Å². The SMILES string of the molecule is CCN(Cc1ccccc1)C(=O)C1CC1C(=O)Nc1ccc(C(C)=O)cc1. The van der Waals surface area contributed by atoms with Crippen LogP contribution < -0.4 is 5.32 Å². The fourth-order valence-corrected chi connectivity index (χ4v) is 3.16. The molecule has 0 heterocycles. The average Bonchev–Trinajstić information content (AvgIpc) is 3.48. The van der Waals surface area contributed by atoms with Crippen LogP contribution in [0.3, 0.4) is 0 Å². The summed E-state index contributed by atoms with van der Waals surface area (Å²) in [4.78, 5) is 38.3. The van der Waals surface area contributed by atoms with E-state index in [-0.39, 0.29) is 29.4 Å². The van der Waals surface area contributed by atoms with Gasteiger partial charge in [-0.05, 0) is 50.1 Å². The van der Waals surface area contributed by atoms with Crippen molar-refractivity contribution in [2.75, 3.05) is 11.9 Å². The molecule has 1 N–H and O–H groups in total. The number of amides is 2. The molecule has 2 aromatic rings. The summed E-state index contributed by atoms with van der Waals surface area (Å²) in [6.45, 7) is 4.64. The van der Waals surface area contributed by atoms with Crippen molar-refractivity contribution in [2.45, 2.75) is 26.8 Å². The number of nitrogens with one attached hydrogen (secondary N) is 1. The molecule has 2 atom stereocenters. The quantitative estimate of drug-likeness (QED) is 0.765. The molecule has 2 amide bonds. The number of carbonyl (C=O) groups is 3. The molecule has 27 heavy (non-hydrogen) atoms. The van der Waals surface area contributed by atoms with Crippen molar-refractivity contribution in [2.24, 2.45) is 11.8 Å². The third-order valence-corrected chi connectivity index (χ3v) is 4.91. The number of hydrogen-bond acceptors (Lipinski definition) is 3. The number of ketones is 1. The number of Topliss-reactive ketones (excluding diaryl/α,β-unsaturated/α-hetero) is 1. The highest BCUT2D eigenvalue weighted by atomic mass is 16.2. The molecule has 140 valence electrons. The smallest absolute Gasteiger partial charge is 0.228 e. The zero-order chi connectivity index (χ0) is 19.4. The number of rotatable bonds is 7. The van der Waals surface area contributed by atoms with Crippen molar-refractivity contribution >= 4 is 23.3 Å². The second kappa shape index (κ2) is 8.16. The maximum absolute atomic E-state index is 12.7. The van der Waals surface area contributed by atoms with Crippen LogP contribution in [0.15, 0.2) is 54.6 Å². The first-order valence-corrected chi connectivity index (χ1v) is 9.24. The van der Waals surface area contributed by atoms with Crippen molar-refractivity contribution in [3.63, 3.8) is 0 Å². The molecule has 0 aliphatic heterocycles. The van der Waals surface area contributed by atoms with Crippen LogP contribution in [-0.2, 0) is 16.1 Å². The van der Waals surface area contributed by atoms with Crippen molar-refractivity contribution in [1.82, 2.24) is 4.90 Å². The highest BCUT2D eigenvalue weighted by Crippen LogP contribution is 2.41. The Morgan fingerprint density at radius 2 is 1.67 bits per heavy atom. The van der Waals surface area contributed by atoms with E-state index in [0.29, 0.717) is 30.8 Å². The van der Waals surface area contributed by atoms with Gasteiger partial charge >= 0.3 is 0 Å². The van der Waals surface area contributed by atoms with Crippen LogP contribution in [0, 0.1) is 11.8 Å². The zero-order valence-electron chi connectivity index (χ0n) is 15.6. The molecule has 1 saturated carbocycles. The molecule has 0 spiro atoms. The summed E-state index contributed by atoms with van der Waals surface area (Å²) < 4.78 is 0. The highest BCUT2D eigenvalue weighted by molar-refractivity contribution is 6.00. The second-order valence-electron chi connectivity index (χ2n) is 6.91. The van der Waals surface area contributed by atoms with E-state index in [4.69, 9.17) is 0 Å². The number of anilines is 1. The molecule has 2 aromatic carbocycles. The van der Waals surface area contributed by atoms with Crippen LogP contribution in [-0.4, -0.2) is 29.0 Å². The van der Waals surface area contributed by atoms with Crippen LogP contribution in [0.25, 0.3) is 0 Å². The van der Waals surface area contributed by atoms with Crippen LogP contribution in [0.2, 0.25) is 0 Å². The standard InChI is InChI=1S/C22H24N2O3/c1-3-24(14-16-7-5-4-6-8-16)22(27)20-13-19(20)21(26)23-18-11-9-17(10-12-18)15(2)25/h4-12,19-20H,3,13-14H2,1-2H3,(H,23,26). The topological polar surface area (TPSA) is 66.5 Å². The third-order valence-electron chi connectivity index (χ3n) is 4.91. The monoisotopic (exact) mass is 364 g/mol. The van der Waals surface area contributed by atoms with E-state index in [9.17, 15) is 14.4 Å². The first kappa shape index (κ1) is 18.8. The minimum atomic E-state index is -0.283. The lowest BCUT2D eigenvalue weighted by Gasteiger charge is -2.21. The Morgan fingerprint density at radius 1 is 1.00 bits per heavy atom. The van der Waals surface area contributed by atoms with Gasteiger partial charge in [0.1, 0.15) is 0 Å². The van der Waals surface area contributed by atoms with Crippen LogP contribution in [0.4, 0.5) is 5.69 Å². The average molecular weight is 364 g/mol. The van der Waals surface area contributed by atoms with Crippen molar-refractivity contribution < 1.29 is 14.4 Å². The minimum absolute atomic E-state index is 0.0150. The van der Waals surface area contributed by atoms with E-state index >= 15 is 0 Å². The zero-order valence-corrected chi connectivity index (χ0v) is 15.6. The maximum Gasteiger partial charge on any atom is 0.228 e. The molecule has 1 fully saturated rings. The third kappa shape index (κ3) is 4.61. The summed E-state index contributed by atoms with van der Waals surface area (Å²) in [6, 6.07) is 16.7. The van der Waals surface area contributed by atoms with Crippen LogP contribution in [0.5, 0.6) is 0 Å². The van der Waals surface area contributed by atoms with E-state index in [1.165, 1.54) is 6.92 Å². The molecule has 2 unspecified atom stereocenters. The molecule has 0 aromatic heterocycles. The molecule has 0 bridgehead atoms. The van der Waals surface area contributed by atoms with Crippen LogP contribution in [0.1, 0.15) is 36.2 Å². The normalized spacial score (nSPS) is 17.9. The Labute approximate surface area is 159 Å². The lowest BCUT2D eigenvalue weighted by atomic mass is 10.1. The molecule has 1 aliphatic rings. The largest absolute Gasteiger partial charge is 0.338 e. The Hall–Kier alpha value is -2.95. The maximum atomic E-state index is 12.7. The summed E-state index contributed by atoms with van der Waals surface area (Å²) in [5, 5.41) is 2.84. The molecule has 3 rings (SSSR count). The predicted octanol–water partition coefficient (Wildman–Crippen LogP) is 3.51. The summed E-state index contributed by atoms with van der Waals surface area (Å²) in [5.41, 5.74) is 2.33. The molecule has 0 radical (unpaired) electrons. The lowest BCUT2D eigenvalue weighted by molar-refractivity contribution is -0.134. The predicted molar refractivity (Wildman–Crippen MR) is 104 cm³/mol. The van der Waals surface area contributed by atoms with Gasteiger partial charge in [-0.2, -0.15) is 0 Å². The van der Waals surface area contributed by atoms with E-state index in [0.717, 1.165) is 5.56 Å². The van der Waals surface area contributed by atoms with E-state index in [1.54, 1.807) is 29.2 Å². The number of benzene rings is 2. The fourth-order valence-electron chi connectivity index (χ4n) is 3.16. The van der Waals surface area contributed by atoms with E-state index in [1.807, 2.05) is 37.3 Å². The van der Waals surface area contributed by atoms with Gasteiger partial charge in [0.15, 0.2) is 5.78 Å². The molecular formula is C22H24N2O3. The van der Waals surface area contributed by atoms with E-state index in [2.05, 4.69) is 5.32 Å². The Kier molecular flexibility index (Phi) is 5.69. The van der Waals surface area contributed by atoms with Gasteiger partial charge in [0.25, 0.3) is 0 Å². The highest BCUT2D eigenvalue weighted by Gasteiger charge is 2.49. The Bertz CT molecular complexity index is 830. The van der Waals surface area contributed by atoms with Gasteiger partial charge in [-0.3, -0.25) is 14.4 Å². The number of hydrogen-bond donors (Lipinski definition) is 1. The van der Waals surface area contributed by atoms with Gasteiger partial charge in [0.2, 0.25) is 11.8 Å². The first-order chi connectivity index (χ1) is 13.0. The Morgan fingerprint density at radius 3 is 2.26 bits per heavy atom. The first-order valence-electron chi connectivity index (χ1n) is 9.24. The van der Waals surface area contributed by atoms with Crippen molar-refractivity contribution in [3.8, 4) is 0 Å². The van der Waals surface area contributed by atoms with Gasteiger partial charge in [-0.15, -0.1) is 0 Å². The summed E-state index contributed by atoms with van der Waals surface area (Å²) in [6.07, 6.45) is 0.585. The number of carbonyl (C=O) groups excluding carboxylic acids is 3. The summed E-state index contributed by atoms with van der Waals surface area (Å²) >= 11 is 0. The minimum Gasteiger partial charge on any atom is -0.338 e. The van der Waals surface area contributed by atoms with Crippen LogP contribution >= 0.6 is 0 Å². The molecule has 5 nitrogen and oxygen atoms in total. The van der Waals surface area contributed by atoms with Gasteiger partial charge in [0.05, 0.1) is 11.8 Å². The summed E-state index contributed by atoms with van der Waals surface area (Å²) in [5.74, 6) is -0.646. The van der Waals surface area contributed by atoms with Crippen molar-refractivity contribution in [1.29, 1.82) is 0 Å². The molecule has 5 heteroatoms. The van der Waals surface area contributed by atoms with Gasteiger partial charge < -0.3 is 10.2 Å². The number of nitrogens with zero attached hydrogens (tertiary/aromatic N) is 1. The molecule has 1 aliphatic carbocycles. The lowest BCUT2D eigenvalue weighted by Crippen LogP contribution is -2.33. The van der Waals surface area contributed by atoms with Crippen molar-refractivity contribution in [3.05, 3.63) is 65.7 Å². The summed E-state index contributed by atoms with van der Waals surface area (Å²) in [7, 11) is 0. The van der Waals surface area contributed by atoms with Gasteiger partial charge in [-0.25, -0.2) is 0 Å². The molecule has 0 saturated heterocycles. The second-order valence-corrected chi connectivity index (χ2v) is 6.91. The Balaban J connectivity index is 1.56. The fraction of sp³-hybridized carbons (Fsp3) is 0.318.